The van der Waals surface area contributed by atoms with Crippen LogP contribution in [0.2, 0.25) is 0 Å². The highest BCUT2D eigenvalue weighted by molar-refractivity contribution is 5.91. The number of hydrogen-bond acceptors (Lipinski definition) is 4. The molecule has 0 aliphatic rings. The molecule has 0 bridgehead atoms. The van der Waals surface area contributed by atoms with Crippen LogP contribution >= 0.6 is 0 Å². The van der Waals surface area contributed by atoms with Gasteiger partial charge in [-0.2, -0.15) is 0 Å². The molecule has 0 unspecified atom stereocenters. The average Bonchev–Trinajstić information content (AvgIpc) is 2.28. The zero-order valence-electron chi connectivity index (χ0n) is 9.95. The first-order valence-electron chi connectivity index (χ1n) is 5.41. The van der Waals surface area contributed by atoms with E-state index in [0.29, 0.717) is 24.0 Å². The van der Waals surface area contributed by atoms with Gasteiger partial charge in [0.25, 0.3) is 5.91 Å². The van der Waals surface area contributed by atoms with Crippen LogP contribution in [0.4, 0.5) is 5.82 Å². The lowest BCUT2D eigenvalue weighted by Crippen LogP contribution is -2.26. The van der Waals surface area contributed by atoms with Crippen molar-refractivity contribution in [3.8, 4) is 0 Å². The fourth-order valence-corrected chi connectivity index (χ4v) is 1.14. The van der Waals surface area contributed by atoms with Crippen LogP contribution in [0.15, 0.2) is 12.4 Å². The van der Waals surface area contributed by atoms with Gasteiger partial charge in [-0.25, -0.2) is 9.97 Å². The number of amides is 1. The second-order valence-electron chi connectivity index (χ2n) is 3.98. The van der Waals surface area contributed by atoms with Crippen molar-refractivity contribution in [2.45, 2.75) is 20.3 Å². The van der Waals surface area contributed by atoms with Gasteiger partial charge in [0, 0.05) is 13.6 Å². The Hall–Kier alpha value is -1.65. The molecule has 0 saturated carbocycles. The van der Waals surface area contributed by atoms with E-state index in [1.54, 1.807) is 7.05 Å². The van der Waals surface area contributed by atoms with E-state index in [2.05, 4.69) is 34.4 Å². The Bertz CT molecular complexity index is 334. The lowest BCUT2D eigenvalue weighted by molar-refractivity contribution is 0.0946. The molecule has 0 fully saturated rings. The van der Waals surface area contributed by atoms with Crippen molar-refractivity contribution in [2.24, 2.45) is 5.92 Å². The monoisotopic (exact) mass is 222 g/mol. The third kappa shape index (κ3) is 3.84. The van der Waals surface area contributed by atoms with Crippen molar-refractivity contribution >= 4 is 11.7 Å². The fraction of sp³-hybridized carbons (Fsp3) is 0.545. The molecule has 0 aliphatic carbocycles. The summed E-state index contributed by atoms with van der Waals surface area (Å²) in [6.07, 6.45) is 3.97. The molecule has 0 atom stereocenters. The zero-order chi connectivity index (χ0) is 12.0. The van der Waals surface area contributed by atoms with Crippen LogP contribution in [-0.4, -0.2) is 29.5 Å². The minimum atomic E-state index is -0.171. The van der Waals surface area contributed by atoms with Crippen molar-refractivity contribution in [2.75, 3.05) is 18.9 Å². The van der Waals surface area contributed by atoms with Crippen LogP contribution in [0.1, 0.15) is 30.8 Å². The van der Waals surface area contributed by atoms with Gasteiger partial charge in [0.2, 0.25) is 0 Å². The van der Waals surface area contributed by atoms with Crippen molar-refractivity contribution in [1.82, 2.24) is 15.3 Å². The molecule has 1 heterocycles. The summed E-state index contributed by atoms with van der Waals surface area (Å²) in [6.45, 7) is 4.91. The molecular weight excluding hydrogens is 204 g/mol. The van der Waals surface area contributed by atoms with Gasteiger partial charge in [0.15, 0.2) is 0 Å². The van der Waals surface area contributed by atoms with Crippen molar-refractivity contribution in [3.63, 3.8) is 0 Å². The van der Waals surface area contributed by atoms with Gasteiger partial charge in [-0.3, -0.25) is 4.79 Å². The largest absolute Gasteiger partial charge is 0.372 e. The maximum absolute atomic E-state index is 11.6. The highest BCUT2D eigenvalue weighted by Crippen LogP contribution is 2.00. The maximum atomic E-state index is 11.6. The first-order valence-corrected chi connectivity index (χ1v) is 5.41. The van der Waals surface area contributed by atoms with E-state index in [0.717, 1.165) is 6.42 Å². The zero-order valence-corrected chi connectivity index (χ0v) is 9.95. The average molecular weight is 222 g/mol. The van der Waals surface area contributed by atoms with Crippen LogP contribution in [0.5, 0.6) is 0 Å². The van der Waals surface area contributed by atoms with Crippen LogP contribution in [-0.2, 0) is 0 Å². The number of hydrogen-bond donors (Lipinski definition) is 2. The Labute approximate surface area is 95.7 Å². The van der Waals surface area contributed by atoms with E-state index in [9.17, 15) is 4.79 Å². The van der Waals surface area contributed by atoms with E-state index in [1.807, 2.05) is 0 Å². The summed E-state index contributed by atoms with van der Waals surface area (Å²) in [5.41, 5.74) is 0.350. The van der Waals surface area contributed by atoms with Gasteiger partial charge in [-0.1, -0.05) is 13.8 Å². The summed E-state index contributed by atoms with van der Waals surface area (Å²) in [5.74, 6) is 1.06. The quantitative estimate of drug-likeness (QED) is 0.788. The van der Waals surface area contributed by atoms with Crippen molar-refractivity contribution < 1.29 is 4.79 Å². The number of nitrogens with zero attached hydrogens (tertiary/aromatic N) is 2. The Balaban J connectivity index is 2.46. The third-order valence-electron chi connectivity index (χ3n) is 2.15. The van der Waals surface area contributed by atoms with Crippen molar-refractivity contribution in [1.29, 1.82) is 0 Å². The summed E-state index contributed by atoms with van der Waals surface area (Å²) in [6, 6.07) is 0. The van der Waals surface area contributed by atoms with Gasteiger partial charge in [0.1, 0.15) is 11.5 Å². The molecule has 5 heteroatoms. The smallest absolute Gasteiger partial charge is 0.271 e. The van der Waals surface area contributed by atoms with E-state index < -0.39 is 0 Å². The molecule has 1 aromatic heterocycles. The summed E-state index contributed by atoms with van der Waals surface area (Å²) in [5, 5.41) is 5.65. The Morgan fingerprint density at radius 2 is 2.12 bits per heavy atom. The van der Waals surface area contributed by atoms with Gasteiger partial charge < -0.3 is 10.6 Å². The maximum Gasteiger partial charge on any atom is 0.271 e. The summed E-state index contributed by atoms with van der Waals surface area (Å²) in [7, 11) is 1.76. The number of carbonyl (C=O) groups excluding carboxylic acids is 1. The van der Waals surface area contributed by atoms with Gasteiger partial charge in [0.05, 0.1) is 12.4 Å². The summed E-state index contributed by atoms with van der Waals surface area (Å²) in [4.78, 5) is 19.6. The second-order valence-corrected chi connectivity index (χ2v) is 3.98. The number of nitrogens with one attached hydrogen (secondary N) is 2. The predicted octanol–water partition coefficient (Wildman–Crippen LogP) is 1.29. The van der Waals surface area contributed by atoms with Crippen LogP contribution < -0.4 is 10.6 Å². The molecule has 0 radical (unpaired) electrons. The standard InChI is InChI=1S/C11H18N4O/c1-8(2)4-5-13-11(16)9-6-15-10(12-3)7-14-9/h6-8H,4-5H2,1-3H3,(H,12,15)(H,13,16). The lowest BCUT2D eigenvalue weighted by atomic mass is 10.1. The Morgan fingerprint density at radius 3 is 2.62 bits per heavy atom. The second kappa shape index (κ2) is 6.05. The van der Waals surface area contributed by atoms with E-state index in [1.165, 1.54) is 12.4 Å². The normalized spacial score (nSPS) is 10.2. The number of carbonyl (C=O) groups is 1. The van der Waals surface area contributed by atoms with Crippen LogP contribution in [0.25, 0.3) is 0 Å². The van der Waals surface area contributed by atoms with Gasteiger partial charge >= 0.3 is 0 Å². The Morgan fingerprint density at radius 1 is 1.38 bits per heavy atom. The molecule has 0 aliphatic heterocycles. The number of anilines is 1. The highest BCUT2D eigenvalue weighted by Gasteiger charge is 2.07. The SMILES string of the molecule is CNc1cnc(C(=O)NCCC(C)C)cn1. The predicted molar refractivity (Wildman–Crippen MR) is 63.4 cm³/mol. The van der Waals surface area contributed by atoms with E-state index in [4.69, 9.17) is 0 Å². The van der Waals surface area contributed by atoms with Gasteiger partial charge in [-0.15, -0.1) is 0 Å². The molecule has 1 aromatic rings. The molecule has 5 nitrogen and oxygen atoms in total. The highest BCUT2D eigenvalue weighted by atomic mass is 16.1. The molecule has 0 saturated heterocycles. The molecule has 2 N–H and O–H groups in total. The topological polar surface area (TPSA) is 66.9 Å². The number of rotatable bonds is 5. The van der Waals surface area contributed by atoms with Gasteiger partial charge in [-0.05, 0) is 12.3 Å². The molecule has 88 valence electrons. The fourth-order valence-electron chi connectivity index (χ4n) is 1.14. The first-order chi connectivity index (χ1) is 7.63. The lowest BCUT2D eigenvalue weighted by Gasteiger charge is -2.06. The van der Waals surface area contributed by atoms with Crippen LogP contribution in [0, 0.1) is 5.92 Å². The number of aromatic nitrogens is 2. The van der Waals surface area contributed by atoms with E-state index in [-0.39, 0.29) is 5.91 Å². The molecule has 16 heavy (non-hydrogen) atoms. The molecular formula is C11H18N4O. The summed E-state index contributed by atoms with van der Waals surface area (Å²) >= 11 is 0. The molecule has 0 aromatic carbocycles. The molecule has 0 spiro atoms. The Kier molecular flexibility index (Phi) is 4.69. The molecule has 1 rings (SSSR count). The first kappa shape index (κ1) is 12.4. The minimum Gasteiger partial charge on any atom is -0.372 e. The van der Waals surface area contributed by atoms with E-state index >= 15 is 0 Å². The molecule has 1 amide bonds. The minimum absolute atomic E-state index is 0.171. The summed E-state index contributed by atoms with van der Waals surface area (Å²) < 4.78 is 0. The third-order valence-corrected chi connectivity index (χ3v) is 2.15. The van der Waals surface area contributed by atoms with Crippen molar-refractivity contribution in [3.05, 3.63) is 18.1 Å². The van der Waals surface area contributed by atoms with Crippen LogP contribution in [0.3, 0.4) is 0 Å².